The summed E-state index contributed by atoms with van der Waals surface area (Å²) in [7, 11) is 0. The molecule has 5 heteroatoms. The molecule has 0 aliphatic carbocycles. The number of anilines is 1. The maximum atomic E-state index is 12.1. The van der Waals surface area contributed by atoms with E-state index in [1.54, 1.807) is 6.07 Å². The van der Waals surface area contributed by atoms with Gasteiger partial charge in [-0.2, -0.15) is 0 Å². The van der Waals surface area contributed by atoms with Gasteiger partial charge in [-0.3, -0.25) is 4.79 Å². The molecule has 2 rings (SSSR count). The molecule has 1 fully saturated rings. The molecule has 1 aliphatic rings. The maximum absolute atomic E-state index is 12.1. The number of amides is 1. The number of nitrogens with zero attached hydrogens (tertiary/aromatic N) is 1. The van der Waals surface area contributed by atoms with E-state index in [9.17, 15) is 4.79 Å². The monoisotopic (exact) mass is 298 g/mol. The molecule has 1 heterocycles. The number of hydrogen-bond acceptors (Lipinski definition) is 3. The Balaban J connectivity index is 1.86. The fourth-order valence-corrected chi connectivity index (χ4v) is 3.24. The van der Waals surface area contributed by atoms with E-state index in [0.29, 0.717) is 16.5 Å². The van der Waals surface area contributed by atoms with Crippen molar-refractivity contribution in [2.24, 2.45) is 0 Å². The number of benzene rings is 1. The summed E-state index contributed by atoms with van der Waals surface area (Å²) in [6.45, 7) is 1.81. The normalized spacial score (nSPS) is 16.2. The average molecular weight is 299 g/mol. The van der Waals surface area contributed by atoms with Crippen molar-refractivity contribution in [2.45, 2.75) is 30.6 Å². The highest BCUT2D eigenvalue weighted by atomic mass is 35.5. The SMILES string of the molecule is Nc1ccc(SCC(=O)N2CCCCCC2)cc1Cl. The van der Waals surface area contributed by atoms with Gasteiger partial charge in [0.25, 0.3) is 0 Å². The van der Waals surface area contributed by atoms with E-state index in [2.05, 4.69) is 0 Å². The zero-order valence-electron chi connectivity index (χ0n) is 10.9. The Hall–Kier alpha value is -0.870. The fraction of sp³-hybridized carbons (Fsp3) is 0.500. The molecule has 1 amide bonds. The Morgan fingerprint density at radius 3 is 2.58 bits per heavy atom. The van der Waals surface area contributed by atoms with Crippen molar-refractivity contribution in [1.82, 2.24) is 4.90 Å². The summed E-state index contributed by atoms with van der Waals surface area (Å²) in [4.78, 5) is 15.1. The summed E-state index contributed by atoms with van der Waals surface area (Å²) in [5, 5.41) is 0.548. The first-order valence-corrected chi connectivity index (χ1v) is 7.99. The quantitative estimate of drug-likeness (QED) is 0.687. The van der Waals surface area contributed by atoms with Crippen molar-refractivity contribution >= 4 is 35.0 Å². The second kappa shape index (κ2) is 7.06. The highest BCUT2D eigenvalue weighted by Gasteiger charge is 2.15. The molecule has 0 radical (unpaired) electrons. The third kappa shape index (κ3) is 4.32. The van der Waals surface area contributed by atoms with Crippen LogP contribution in [-0.2, 0) is 4.79 Å². The predicted molar refractivity (Wildman–Crippen MR) is 81.6 cm³/mol. The van der Waals surface area contributed by atoms with Crippen LogP contribution in [0.15, 0.2) is 23.1 Å². The lowest BCUT2D eigenvalue weighted by atomic mass is 10.2. The first-order chi connectivity index (χ1) is 9.16. The topological polar surface area (TPSA) is 46.3 Å². The first kappa shape index (κ1) is 14.5. The Kier molecular flexibility index (Phi) is 5.40. The largest absolute Gasteiger partial charge is 0.398 e. The lowest BCUT2D eigenvalue weighted by Gasteiger charge is -2.20. The van der Waals surface area contributed by atoms with E-state index < -0.39 is 0 Å². The molecule has 1 aromatic rings. The Morgan fingerprint density at radius 2 is 1.95 bits per heavy atom. The summed E-state index contributed by atoms with van der Waals surface area (Å²) in [5.41, 5.74) is 6.24. The molecule has 1 saturated heterocycles. The molecular formula is C14H19ClN2OS. The van der Waals surface area contributed by atoms with E-state index in [0.717, 1.165) is 30.8 Å². The lowest BCUT2D eigenvalue weighted by Crippen LogP contribution is -2.33. The zero-order valence-corrected chi connectivity index (χ0v) is 12.5. The smallest absolute Gasteiger partial charge is 0.232 e. The van der Waals surface area contributed by atoms with Crippen LogP contribution in [0.4, 0.5) is 5.69 Å². The minimum absolute atomic E-state index is 0.222. The lowest BCUT2D eigenvalue weighted by molar-refractivity contribution is -0.128. The van der Waals surface area contributed by atoms with E-state index in [1.807, 2.05) is 17.0 Å². The van der Waals surface area contributed by atoms with Crippen LogP contribution in [0, 0.1) is 0 Å². The molecule has 0 aromatic heterocycles. The molecule has 0 atom stereocenters. The molecule has 0 spiro atoms. The van der Waals surface area contributed by atoms with Crippen LogP contribution >= 0.6 is 23.4 Å². The zero-order chi connectivity index (χ0) is 13.7. The summed E-state index contributed by atoms with van der Waals surface area (Å²) < 4.78 is 0. The van der Waals surface area contributed by atoms with Gasteiger partial charge in [0.2, 0.25) is 5.91 Å². The third-order valence-corrected chi connectivity index (χ3v) is 4.60. The van der Waals surface area contributed by atoms with Crippen molar-refractivity contribution in [3.05, 3.63) is 23.2 Å². The number of nitrogens with two attached hydrogens (primary N) is 1. The second-order valence-electron chi connectivity index (χ2n) is 4.77. The molecule has 0 saturated carbocycles. The Bertz CT molecular complexity index is 445. The Morgan fingerprint density at radius 1 is 1.26 bits per heavy atom. The van der Waals surface area contributed by atoms with Crippen LogP contribution in [0.5, 0.6) is 0 Å². The summed E-state index contributed by atoms with van der Waals surface area (Å²) in [6.07, 6.45) is 4.74. The molecule has 19 heavy (non-hydrogen) atoms. The minimum atomic E-state index is 0.222. The minimum Gasteiger partial charge on any atom is -0.398 e. The van der Waals surface area contributed by atoms with E-state index in [-0.39, 0.29) is 5.91 Å². The van der Waals surface area contributed by atoms with Gasteiger partial charge < -0.3 is 10.6 Å². The van der Waals surface area contributed by atoms with Crippen molar-refractivity contribution in [3.8, 4) is 0 Å². The number of likely N-dealkylation sites (tertiary alicyclic amines) is 1. The van der Waals surface area contributed by atoms with Crippen molar-refractivity contribution in [1.29, 1.82) is 0 Å². The molecule has 2 N–H and O–H groups in total. The van der Waals surface area contributed by atoms with Crippen LogP contribution in [0.3, 0.4) is 0 Å². The van der Waals surface area contributed by atoms with Crippen LogP contribution in [0.1, 0.15) is 25.7 Å². The predicted octanol–water partition coefficient (Wildman–Crippen LogP) is 3.42. The third-order valence-electron chi connectivity index (χ3n) is 3.29. The maximum Gasteiger partial charge on any atom is 0.232 e. The number of carbonyl (C=O) groups excluding carboxylic acids is 1. The molecule has 1 aliphatic heterocycles. The van der Waals surface area contributed by atoms with Gasteiger partial charge in [0, 0.05) is 18.0 Å². The van der Waals surface area contributed by atoms with E-state index >= 15 is 0 Å². The standard InChI is InChI=1S/C14H19ClN2OS/c15-12-9-11(5-6-13(12)16)19-10-14(18)17-7-3-1-2-4-8-17/h5-6,9H,1-4,7-8,10,16H2. The Labute approximate surface area is 123 Å². The van der Waals surface area contributed by atoms with E-state index in [4.69, 9.17) is 17.3 Å². The van der Waals surface area contributed by atoms with E-state index in [1.165, 1.54) is 24.6 Å². The van der Waals surface area contributed by atoms with Crippen LogP contribution < -0.4 is 5.73 Å². The van der Waals surface area contributed by atoms with Gasteiger partial charge in [-0.05, 0) is 31.0 Å². The van der Waals surface area contributed by atoms with Crippen LogP contribution in [-0.4, -0.2) is 29.6 Å². The summed E-state index contributed by atoms with van der Waals surface area (Å²) >= 11 is 7.49. The average Bonchev–Trinajstić information content (AvgIpc) is 2.69. The molecular weight excluding hydrogens is 280 g/mol. The van der Waals surface area contributed by atoms with Gasteiger partial charge in [0.05, 0.1) is 16.5 Å². The van der Waals surface area contributed by atoms with Crippen molar-refractivity contribution in [2.75, 3.05) is 24.6 Å². The second-order valence-corrected chi connectivity index (χ2v) is 6.22. The number of thioether (sulfide) groups is 1. The highest BCUT2D eigenvalue weighted by molar-refractivity contribution is 8.00. The van der Waals surface area contributed by atoms with Gasteiger partial charge in [-0.15, -0.1) is 11.8 Å². The van der Waals surface area contributed by atoms with Gasteiger partial charge in [-0.1, -0.05) is 24.4 Å². The fourth-order valence-electron chi connectivity index (χ4n) is 2.15. The molecule has 1 aromatic carbocycles. The summed E-state index contributed by atoms with van der Waals surface area (Å²) in [6, 6.07) is 5.50. The van der Waals surface area contributed by atoms with Gasteiger partial charge in [0.15, 0.2) is 0 Å². The first-order valence-electron chi connectivity index (χ1n) is 6.62. The number of carbonyl (C=O) groups is 1. The molecule has 3 nitrogen and oxygen atoms in total. The number of rotatable bonds is 3. The molecule has 104 valence electrons. The van der Waals surface area contributed by atoms with Crippen molar-refractivity contribution < 1.29 is 4.79 Å². The highest BCUT2D eigenvalue weighted by Crippen LogP contribution is 2.26. The van der Waals surface area contributed by atoms with Gasteiger partial charge in [-0.25, -0.2) is 0 Å². The molecule has 0 bridgehead atoms. The van der Waals surface area contributed by atoms with Gasteiger partial charge in [0.1, 0.15) is 0 Å². The number of nitrogen functional groups attached to an aromatic ring is 1. The van der Waals surface area contributed by atoms with Crippen LogP contribution in [0.2, 0.25) is 5.02 Å². The number of halogens is 1. The van der Waals surface area contributed by atoms with Gasteiger partial charge >= 0.3 is 0 Å². The molecule has 0 unspecified atom stereocenters. The summed E-state index contributed by atoms with van der Waals surface area (Å²) in [5.74, 6) is 0.695. The van der Waals surface area contributed by atoms with Crippen LogP contribution in [0.25, 0.3) is 0 Å². The van der Waals surface area contributed by atoms with Crippen molar-refractivity contribution in [3.63, 3.8) is 0 Å². The number of hydrogen-bond donors (Lipinski definition) is 1.